The summed E-state index contributed by atoms with van der Waals surface area (Å²) >= 11 is 31.2. The van der Waals surface area contributed by atoms with E-state index in [1.807, 2.05) is 97.3 Å². The van der Waals surface area contributed by atoms with Crippen LogP contribution in [0.5, 0.6) is 17.2 Å². The average Bonchev–Trinajstić information content (AvgIpc) is 1.37. The van der Waals surface area contributed by atoms with Crippen LogP contribution in [0.1, 0.15) is 125 Å². The van der Waals surface area contributed by atoms with Crippen molar-refractivity contribution in [2.45, 2.75) is 139 Å². The summed E-state index contributed by atoms with van der Waals surface area (Å²) in [6, 6.07) is 42.6. The molecule has 2 N–H and O–H groups in total. The van der Waals surface area contributed by atoms with Crippen molar-refractivity contribution in [1.29, 1.82) is 0 Å². The number of carbonyl (C=O) groups excluding carboxylic acids is 3. The Morgan fingerprint density at radius 2 is 0.888 bits per heavy atom. The molecule has 6 aromatic carbocycles. The molecule has 0 radical (unpaired) electrons. The maximum Gasteiger partial charge on any atom is 1.00 e. The van der Waals surface area contributed by atoms with Gasteiger partial charge in [-0.15, -0.1) is 0 Å². The molecule has 2 fully saturated rings. The number of aromatic hydroxyl groups is 1. The number of rotatable bonds is 21. The zero-order valence-corrected chi connectivity index (χ0v) is 73.1. The molecule has 0 amide bonds. The van der Waals surface area contributed by atoms with E-state index in [1.165, 1.54) is 0 Å². The van der Waals surface area contributed by atoms with Crippen molar-refractivity contribution in [3.63, 3.8) is 0 Å². The minimum absolute atomic E-state index is 0. The van der Waals surface area contributed by atoms with Gasteiger partial charge < -0.3 is 59.7 Å². The number of carbonyl (C=O) groups is 4. The van der Waals surface area contributed by atoms with Crippen LogP contribution in [0.15, 0.2) is 178 Å². The number of phenolic OH excluding ortho intramolecular Hbond substituents is 1. The summed E-state index contributed by atoms with van der Waals surface area (Å²) in [4.78, 5) is 46.5. The van der Waals surface area contributed by atoms with E-state index in [4.69, 9.17) is 82.7 Å². The minimum Gasteiger partial charge on any atom is -1.00 e. The van der Waals surface area contributed by atoms with Gasteiger partial charge >= 0.3 is 121 Å². The average molecular weight is 1850 g/mol. The fourth-order valence-electron chi connectivity index (χ4n) is 9.08. The number of hydrogen-bond donors (Lipinski definition) is 2. The van der Waals surface area contributed by atoms with Crippen molar-refractivity contribution in [3.8, 4) is 51.0 Å². The Hall–Kier alpha value is -3.91. The zero-order chi connectivity index (χ0) is 73.8. The first-order valence-electron chi connectivity index (χ1n) is 31.6. The van der Waals surface area contributed by atoms with Crippen LogP contribution in [-0.4, -0.2) is 117 Å². The summed E-state index contributed by atoms with van der Waals surface area (Å²) in [6.07, 6.45) is 8.24. The number of methoxy groups -OCH3 is 2. The molecule has 5 heterocycles. The standard InChI is InChI=1S/C21H20BrClN2O3.C19H16BrClN2O3.C11H11BrN2O.C10H10BrClO2.2C5H10O2.CH2O3.4CH4.2K.H/c1-3-25-12-11-18(24-25)17-13-15(22)7-10-19(17)28-20(21(26)27-4-2)14-5-8-16(23)9-6-14;1-2-23-10-9-16(22-23)15-11-13(20)5-8-17(15)26-18(19(24)25)12-3-6-14(21)7-4-12;1-2-14-6-5-10(13-14)9-7-8(12)3-4-11(9)15;1-2-14-10(13)9(11)7-3-5-8(12)6-4-7;2*1-6-5-3-2-4-7-5;2-1-4-3;;;;;;;/h5-13,20H,3-4H2,1-2H3;3-11,18H,2H2,1H3,(H,24,25);3-7,15H,2H2,1H3;3-6,9H,2H2,1H3;2*5H,2-4H2,1H3;1,3H;4*1H4;;;/q;;;;;;;;;;;2*+1;-1/p-1. The Morgan fingerprint density at radius 1 is 0.551 bits per heavy atom. The number of halogens is 7. The molecule has 22 nitrogen and oxygen atoms in total. The van der Waals surface area contributed by atoms with E-state index in [2.05, 4.69) is 83.9 Å². The topological polar surface area (TPSA) is 268 Å². The fourth-order valence-corrected chi connectivity index (χ4v) is 11.0. The Kier molecular flexibility index (Phi) is 57.0. The van der Waals surface area contributed by atoms with Crippen LogP contribution < -0.4 is 118 Å². The van der Waals surface area contributed by atoms with Crippen LogP contribution in [0.3, 0.4) is 0 Å². The second-order valence-corrected chi connectivity index (χ2v) is 26.0. The van der Waals surface area contributed by atoms with Gasteiger partial charge in [0.05, 0.1) is 30.3 Å². The molecule has 11 rings (SSSR count). The van der Waals surface area contributed by atoms with Crippen LogP contribution in [0, 0.1) is 0 Å². The van der Waals surface area contributed by atoms with Crippen molar-refractivity contribution in [2.75, 3.05) is 40.6 Å². The minimum atomic E-state index is -1.15. The Labute approximate surface area is 764 Å². The Morgan fingerprint density at radius 3 is 1.21 bits per heavy atom. The summed E-state index contributed by atoms with van der Waals surface area (Å²) in [5, 5.41) is 42.9. The van der Waals surface area contributed by atoms with E-state index in [-0.39, 0.29) is 171 Å². The number of hydrogen-bond acceptors (Lipinski definition) is 18. The van der Waals surface area contributed by atoms with Crippen molar-refractivity contribution in [1.82, 2.24) is 29.3 Å². The number of aromatic nitrogens is 6. The summed E-state index contributed by atoms with van der Waals surface area (Å²) in [7, 11) is 3.35. The van der Waals surface area contributed by atoms with Gasteiger partial charge in [-0.05, 0) is 162 Å². The molecule has 3 aromatic heterocycles. The van der Waals surface area contributed by atoms with Crippen LogP contribution in [0.25, 0.3) is 33.8 Å². The maximum atomic E-state index is 12.6. The number of aryl methyl sites for hydroxylation is 3. The number of nitrogens with zero attached hydrogens (tertiary/aromatic N) is 6. The van der Waals surface area contributed by atoms with Gasteiger partial charge in [-0.2, -0.15) is 15.3 Å². The fraction of sp³-hybridized carbons (Fsp3) is 0.355. The quantitative estimate of drug-likeness (QED) is 0.0169. The summed E-state index contributed by atoms with van der Waals surface area (Å²) in [5.74, 6) is -0.595. The normalized spacial score (nSPS) is 13.4. The van der Waals surface area contributed by atoms with Crippen molar-refractivity contribution < 1.29 is 182 Å². The summed E-state index contributed by atoms with van der Waals surface area (Å²) in [5.41, 5.74) is 6.52. The van der Waals surface area contributed by atoms with E-state index in [1.54, 1.807) is 130 Å². The smallest absolute Gasteiger partial charge is 1.00 e. The van der Waals surface area contributed by atoms with E-state index < -0.39 is 29.0 Å². The zero-order valence-electron chi connectivity index (χ0n) is 59.3. The van der Waals surface area contributed by atoms with E-state index >= 15 is 0 Å². The van der Waals surface area contributed by atoms with E-state index in [9.17, 15) is 24.6 Å². The molecular formula is C76H95Br4Cl3K2N6O16. The summed E-state index contributed by atoms with van der Waals surface area (Å²) in [6.45, 7) is 14.1. The largest absolute Gasteiger partial charge is 1.00 e. The van der Waals surface area contributed by atoms with Gasteiger partial charge in [0.1, 0.15) is 22.1 Å². The molecule has 2 aliphatic rings. The van der Waals surface area contributed by atoms with Crippen LogP contribution in [0.4, 0.5) is 0 Å². The monoisotopic (exact) mass is 1850 g/mol. The number of aliphatic carboxylic acids is 1. The van der Waals surface area contributed by atoms with Gasteiger partial charge in [0.15, 0.2) is 12.6 Å². The number of carboxylic acids is 1. The summed E-state index contributed by atoms with van der Waals surface area (Å²) < 4.78 is 50.2. The van der Waals surface area contributed by atoms with E-state index in [0.29, 0.717) is 55.6 Å². The third-order valence-electron chi connectivity index (χ3n) is 14.1. The molecule has 5 unspecified atom stereocenters. The molecule has 0 saturated carbocycles. The van der Waals surface area contributed by atoms with Crippen molar-refractivity contribution in [2.24, 2.45) is 0 Å². The molecule has 0 aliphatic carbocycles. The number of esters is 2. The SMILES string of the molecule is C.C.C.C.CCOC(=O)C(Br)c1ccc(Cl)cc1.CCOC(=O)C(Oc1ccc(Br)cc1-c1ccn(CC)n1)c1ccc(Cl)cc1.CCn1ccc(-c2cc(Br)ccc2O)n1.CCn1ccc(-c2cc(Br)ccc2OC(C(=O)O)c2ccc(Cl)cc2)n1.COC1CCCO1.COC1CCCO1.O=CO[O-].[H-].[K+].[K+]. The van der Waals surface area contributed by atoms with Gasteiger partial charge in [-0.3, -0.25) is 23.6 Å². The number of ether oxygens (including phenoxy) is 8. The number of benzene rings is 6. The Balaban J connectivity index is -0.00000127. The Bertz CT molecular complexity index is 3960. The van der Waals surface area contributed by atoms with Crippen molar-refractivity contribution >= 4 is 123 Å². The maximum absolute atomic E-state index is 12.6. The number of alkyl halides is 1. The molecule has 576 valence electrons. The molecule has 107 heavy (non-hydrogen) atoms. The second kappa shape index (κ2) is 58.0. The molecule has 5 atom stereocenters. The van der Waals surface area contributed by atoms with Gasteiger partial charge in [0.25, 0.3) is 6.47 Å². The van der Waals surface area contributed by atoms with Crippen LogP contribution >= 0.6 is 98.5 Å². The van der Waals surface area contributed by atoms with Gasteiger partial charge in [0.2, 0.25) is 12.2 Å². The first-order chi connectivity index (χ1) is 48.6. The third kappa shape index (κ3) is 36.6. The molecular weight excluding hydrogens is 1760 g/mol. The molecule has 2 saturated heterocycles. The number of carboxylic acid groups (broad SMARTS) is 1. The first-order valence-corrected chi connectivity index (χ1v) is 36.1. The predicted molar refractivity (Wildman–Crippen MR) is 426 cm³/mol. The van der Waals surface area contributed by atoms with E-state index in [0.717, 1.165) is 100 Å². The third-order valence-corrected chi connectivity index (χ3v) is 17.3. The predicted octanol–water partition coefficient (Wildman–Crippen LogP) is 13.9. The van der Waals surface area contributed by atoms with Crippen LogP contribution in [-0.2, 0) is 72.1 Å². The molecule has 0 bridgehead atoms. The first kappa shape index (κ1) is 105. The molecule has 2 aliphatic heterocycles. The molecule has 31 heteroatoms. The van der Waals surface area contributed by atoms with Gasteiger partial charge in [-0.1, -0.05) is 165 Å². The second-order valence-electron chi connectivity index (χ2n) is 21.0. The number of phenols is 1. The van der Waals surface area contributed by atoms with Gasteiger partial charge in [0, 0.05) is 135 Å². The van der Waals surface area contributed by atoms with Crippen molar-refractivity contribution in [3.05, 3.63) is 209 Å². The van der Waals surface area contributed by atoms with Crippen LogP contribution in [0.2, 0.25) is 15.1 Å². The van der Waals surface area contributed by atoms with Gasteiger partial charge in [-0.25, -0.2) is 9.59 Å². The molecule has 0 spiro atoms. The molecule has 9 aromatic rings.